The summed E-state index contributed by atoms with van der Waals surface area (Å²) >= 11 is 0. The molecule has 1 unspecified atom stereocenters. The van der Waals surface area contributed by atoms with E-state index in [2.05, 4.69) is 11.9 Å². The quantitative estimate of drug-likeness (QED) is 0.801. The number of nitrogens with zero attached hydrogens (tertiary/aromatic N) is 3. The van der Waals surface area contributed by atoms with Crippen LogP contribution < -0.4 is 0 Å². The molecule has 1 atom stereocenters. The molecule has 6 nitrogen and oxygen atoms in total. The maximum absolute atomic E-state index is 12.1. The summed E-state index contributed by atoms with van der Waals surface area (Å²) in [6.45, 7) is 3.46. The highest BCUT2D eigenvalue weighted by atomic mass is 16.4. The first-order chi connectivity index (χ1) is 8.34. The number of likely N-dealkylation sites (tertiary alicyclic amines) is 1. The minimum atomic E-state index is -0.984. The predicted molar refractivity (Wildman–Crippen MR) is 68.5 cm³/mol. The molecular formula is C12H23N3O3. The first-order valence-electron chi connectivity index (χ1n) is 6.25. The van der Waals surface area contributed by atoms with Crippen LogP contribution >= 0.6 is 0 Å². The Morgan fingerprint density at radius 1 is 1.28 bits per heavy atom. The number of carbonyl (C=O) groups excluding carboxylic acids is 1. The average molecular weight is 257 g/mol. The highest BCUT2D eigenvalue weighted by Gasteiger charge is 2.29. The van der Waals surface area contributed by atoms with Crippen LogP contribution in [0.3, 0.4) is 0 Å². The second-order valence-electron chi connectivity index (χ2n) is 5.05. The zero-order valence-electron chi connectivity index (χ0n) is 11.6. The average Bonchev–Trinajstić information content (AvgIpc) is 2.36. The molecular weight excluding hydrogens is 234 g/mol. The van der Waals surface area contributed by atoms with Crippen molar-refractivity contribution in [3.63, 3.8) is 0 Å². The fourth-order valence-corrected chi connectivity index (χ4v) is 2.12. The maximum Gasteiger partial charge on any atom is 0.326 e. The minimum Gasteiger partial charge on any atom is -0.480 e. The number of urea groups is 1. The number of likely N-dealkylation sites (N-methyl/N-ethyl adjacent to an activating group) is 1. The molecule has 1 heterocycles. The summed E-state index contributed by atoms with van der Waals surface area (Å²) in [4.78, 5) is 28.2. The van der Waals surface area contributed by atoms with Gasteiger partial charge in [-0.05, 0) is 39.9 Å². The molecule has 104 valence electrons. The number of hydrogen-bond donors (Lipinski definition) is 1. The standard InChI is InChI=1S/C12H23N3O3/c1-9(11(16)17)14(3)12(18)15(4)10-5-7-13(2)8-6-10/h9-10H,5-8H2,1-4H3,(H,16,17). The monoisotopic (exact) mass is 257 g/mol. The highest BCUT2D eigenvalue weighted by molar-refractivity contribution is 5.82. The Bertz CT molecular complexity index is 314. The zero-order valence-corrected chi connectivity index (χ0v) is 11.6. The summed E-state index contributed by atoms with van der Waals surface area (Å²) in [6.07, 6.45) is 1.88. The van der Waals surface area contributed by atoms with Crippen LogP contribution in [0, 0.1) is 0 Å². The Kier molecular flexibility index (Phi) is 4.95. The van der Waals surface area contributed by atoms with Crippen LogP contribution in [0.2, 0.25) is 0 Å². The maximum atomic E-state index is 12.1. The fourth-order valence-electron chi connectivity index (χ4n) is 2.12. The van der Waals surface area contributed by atoms with E-state index < -0.39 is 12.0 Å². The molecule has 2 amide bonds. The largest absolute Gasteiger partial charge is 0.480 e. The molecule has 1 aliphatic heterocycles. The van der Waals surface area contributed by atoms with Gasteiger partial charge in [0, 0.05) is 20.1 Å². The highest BCUT2D eigenvalue weighted by Crippen LogP contribution is 2.16. The summed E-state index contributed by atoms with van der Waals surface area (Å²) in [6, 6.07) is -0.817. The third kappa shape index (κ3) is 3.35. The van der Waals surface area contributed by atoms with E-state index in [0.29, 0.717) is 0 Å². The van der Waals surface area contributed by atoms with E-state index in [4.69, 9.17) is 5.11 Å². The van der Waals surface area contributed by atoms with Crippen LogP contribution in [0.25, 0.3) is 0 Å². The molecule has 0 aromatic rings. The molecule has 0 radical (unpaired) electrons. The van der Waals surface area contributed by atoms with Crippen LogP contribution in [0.1, 0.15) is 19.8 Å². The lowest BCUT2D eigenvalue weighted by molar-refractivity contribution is -0.141. The van der Waals surface area contributed by atoms with Crippen LogP contribution in [-0.4, -0.2) is 78.1 Å². The summed E-state index contributed by atoms with van der Waals surface area (Å²) in [5, 5.41) is 8.91. The van der Waals surface area contributed by atoms with Crippen molar-refractivity contribution in [2.75, 3.05) is 34.2 Å². The summed E-state index contributed by atoms with van der Waals surface area (Å²) in [5.41, 5.74) is 0. The zero-order chi connectivity index (χ0) is 13.9. The number of aliphatic carboxylic acids is 1. The van der Waals surface area contributed by atoms with Gasteiger partial charge in [-0.15, -0.1) is 0 Å². The van der Waals surface area contributed by atoms with Gasteiger partial charge in [0.1, 0.15) is 6.04 Å². The predicted octanol–water partition coefficient (Wildman–Crippen LogP) is 0.537. The Labute approximate surface area is 108 Å². The van der Waals surface area contributed by atoms with Gasteiger partial charge < -0.3 is 19.8 Å². The smallest absolute Gasteiger partial charge is 0.326 e. The topological polar surface area (TPSA) is 64.1 Å². The Balaban J connectivity index is 2.58. The van der Waals surface area contributed by atoms with Crippen LogP contribution in [0.4, 0.5) is 4.79 Å². The van der Waals surface area contributed by atoms with Gasteiger partial charge in [0.2, 0.25) is 0 Å². The lowest BCUT2D eigenvalue weighted by Gasteiger charge is -2.37. The molecule has 0 aromatic carbocycles. The summed E-state index contributed by atoms with van der Waals surface area (Å²) < 4.78 is 0. The Morgan fingerprint density at radius 2 is 1.78 bits per heavy atom. The number of carboxylic acids is 1. The number of rotatable bonds is 3. The van der Waals surface area contributed by atoms with Crippen molar-refractivity contribution >= 4 is 12.0 Å². The van der Waals surface area contributed by atoms with Crippen molar-refractivity contribution in [3.05, 3.63) is 0 Å². The van der Waals surface area contributed by atoms with E-state index in [-0.39, 0.29) is 12.1 Å². The minimum absolute atomic E-state index is 0.206. The number of hydrogen-bond acceptors (Lipinski definition) is 3. The van der Waals surface area contributed by atoms with E-state index in [1.165, 1.54) is 18.9 Å². The molecule has 1 saturated heterocycles. The van der Waals surface area contributed by atoms with Crippen molar-refractivity contribution in [1.82, 2.24) is 14.7 Å². The molecule has 0 spiro atoms. The summed E-state index contributed by atoms with van der Waals surface area (Å²) in [5.74, 6) is -0.984. The van der Waals surface area contributed by atoms with Crippen molar-refractivity contribution in [3.8, 4) is 0 Å². The molecule has 0 bridgehead atoms. The molecule has 1 rings (SSSR count). The fraction of sp³-hybridized carbons (Fsp3) is 0.833. The lowest BCUT2D eigenvalue weighted by Crippen LogP contribution is -2.51. The molecule has 0 saturated carbocycles. The first kappa shape index (κ1) is 14.8. The van der Waals surface area contributed by atoms with Crippen LogP contribution in [0.5, 0.6) is 0 Å². The normalized spacial score (nSPS) is 19.3. The van der Waals surface area contributed by atoms with Crippen LogP contribution in [-0.2, 0) is 4.79 Å². The number of carboxylic acid groups (broad SMARTS) is 1. The SMILES string of the molecule is CC(C(=O)O)N(C)C(=O)N(C)C1CCN(C)CC1. The number of piperidine rings is 1. The molecule has 1 aliphatic rings. The van der Waals surface area contributed by atoms with E-state index in [1.54, 1.807) is 11.9 Å². The van der Waals surface area contributed by atoms with Crippen LogP contribution in [0.15, 0.2) is 0 Å². The van der Waals surface area contributed by atoms with E-state index in [0.717, 1.165) is 25.9 Å². The van der Waals surface area contributed by atoms with Gasteiger partial charge in [-0.3, -0.25) is 0 Å². The second-order valence-corrected chi connectivity index (χ2v) is 5.05. The van der Waals surface area contributed by atoms with Gasteiger partial charge in [-0.1, -0.05) is 0 Å². The molecule has 6 heteroatoms. The third-order valence-electron chi connectivity index (χ3n) is 3.78. The van der Waals surface area contributed by atoms with E-state index in [9.17, 15) is 9.59 Å². The molecule has 1 fully saturated rings. The number of amides is 2. The van der Waals surface area contributed by atoms with Crippen molar-refractivity contribution < 1.29 is 14.7 Å². The lowest BCUT2D eigenvalue weighted by atomic mass is 10.0. The molecule has 1 N–H and O–H groups in total. The van der Waals surface area contributed by atoms with Gasteiger partial charge in [-0.2, -0.15) is 0 Å². The van der Waals surface area contributed by atoms with Gasteiger partial charge >= 0.3 is 12.0 Å². The molecule has 0 aromatic heterocycles. The summed E-state index contributed by atoms with van der Waals surface area (Å²) in [7, 11) is 5.35. The van der Waals surface area contributed by atoms with Gasteiger partial charge in [0.25, 0.3) is 0 Å². The van der Waals surface area contributed by atoms with E-state index in [1.807, 2.05) is 0 Å². The van der Waals surface area contributed by atoms with Gasteiger partial charge in [0.15, 0.2) is 0 Å². The van der Waals surface area contributed by atoms with Crippen molar-refractivity contribution in [2.24, 2.45) is 0 Å². The van der Waals surface area contributed by atoms with Gasteiger partial charge in [-0.25, -0.2) is 9.59 Å². The van der Waals surface area contributed by atoms with E-state index >= 15 is 0 Å². The third-order valence-corrected chi connectivity index (χ3v) is 3.78. The molecule has 0 aliphatic carbocycles. The molecule has 18 heavy (non-hydrogen) atoms. The van der Waals surface area contributed by atoms with Crippen molar-refractivity contribution in [1.29, 1.82) is 0 Å². The van der Waals surface area contributed by atoms with Gasteiger partial charge in [0.05, 0.1) is 0 Å². The number of carbonyl (C=O) groups is 2. The first-order valence-corrected chi connectivity index (χ1v) is 6.25. The second kappa shape index (κ2) is 6.04. The Hall–Kier alpha value is -1.30. The Morgan fingerprint density at radius 3 is 2.22 bits per heavy atom. The van der Waals surface area contributed by atoms with Crippen molar-refractivity contribution in [2.45, 2.75) is 31.8 Å².